The van der Waals surface area contributed by atoms with Gasteiger partial charge in [-0.25, -0.2) is 0 Å². The molecule has 1 heterocycles. The molecule has 1 aliphatic heterocycles. The third-order valence-electron chi connectivity index (χ3n) is 6.86. The fourth-order valence-electron chi connectivity index (χ4n) is 4.68. The van der Waals surface area contributed by atoms with Crippen LogP contribution in [0.15, 0.2) is 66.7 Å². The zero-order valence-electron chi connectivity index (χ0n) is 21.1. The van der Waals surface area contributed by atoms with Crippen LogP contribution in [0.25, 0.3) is 10.8 Å². The number of likely N-dealkylation sites (N-methyl/N-ethyl adjacent to an activating group) is 1. The third-order valence-corrected chi connectivity index (χ3v) is 6.86. The van der Waals surface area contributed by atoms with Gasteiger partial charge in [-0.2, -0.15) is 5.26 Å². The first-order valence-electron chi connectivity index (χ1n) is 12.6. The Balaban J connectivity index is 0.000000396. The predicted octanol–water partition coefficient (Wildman–Crippen LogP) is 2.69. The maximum absolute atomic E-state index is 11.8. The monoisotopic (exact) mass is 492 g/mol. The van der Waals surface area contributed by atoms with Crippen LogP contribution in [0.5, 0.6) is 0 Å². The van der Waals surface area contributed by atoms with Crippen molar-refractivity contribution in [3.63, 3.8) is 0 Å². The summed E-state index contributed by atoms with van der Waals surface area (Å²) in [7, 11) is 7.93. The summed E-state index contributed by atoms with van der Waals surface area (Å²) in [5.74, 6) is -1.34. The van der Waals surface area contributed by atoms with Crippen molar-refractivity contribution in [2.45, 2.75) is 37.8 Å². The standard InChI is InChI=1S/C24H23BN3O2.C5H8N2/c1-26-22(29)23(30)27-15-17-8-3-5-11-19(17)21(25)28-24(13-14-24)20-12-6-9-16-7-2-4-10-18(16)20;6-5-7-3-1-2-4-7/h2-12,28H,13-15H2,1H3,(H,26,29)(H,27,30);1-4H2. The van der Waals surface area contributed by atoms with Crippen molar-refractivity contribution in [3.05, 3.63) is 83.4 Å². The molecule has 2 aliphatic rings. The number of nitrogens with zero attached hydrogens (tertiary/aromatic N) is 2. The van der Waals surface area contributed by atoms with E-state index in [-0.39, 0.29) is 12.1 Å². The number of likely N-dealkylation sites (tertiary alicyclic amines) is 1. The van der Waals surface area contributed by atoms with Gasteiger partial charge in [0.1, 0.15) is 0 Å². The molecule has 5 rings (SSSR count). The average molecular weight is 492 g/mol. The molecule has 1 saturated heterocycles. The number of fused-ring (bicyclic) bond motifs is 1. The molecular formula is C29H31BN5O2. The maximum atomic E-state index is 11.8. The van der Waals surface area contributed by atoms with Crippen molar-refractivity contribution in [1.82, 2.24) is 20.9 Å². The second-order valence-electron chi connectivity index (χ2n) is 9.36. The second-order valence-corrected chi connectivity index (χ2v) is 9.36. The summed E-state index contributed by atoms with van der Waals surface area (Å²) >= 11 is 0. The Morgan fingerprint density at radius 1 is 0.973 bits per heavy atom. The van der Waals surface area contributed by atoms with Crippen molar-refractivity contribution in [2.75, 3.05) is 20.1 Å². The summed E-state index contributed by atoms with van der Waals surface area (Å²) < 4.78 is 0. The molecule has 0 atom stereocenters. The molecular weight excluding hydrogens is 461 g/mol. The number of nitrogens with one attached hydrogen (secondary N) is 3. The first-order chi connectivity index (χ1) is 18.0. The third kappa shape index (κ3) is 6.18. The number of hydrogen-bond donors (Lipinski definition) is 3. The van der Waals surface area contributed by atoms with Crippen LogP contribution in [0.2, 0.25) is 0 Å². The van der Waals surface area contributed by atoms with E-state index in [9.17, 15) is 9.59 Å². The number of amides is 2. The van der Waals surface area contributed by atoms with Crippen LogP contribution in [-0.4, -0.2) is 49.9 Å². The van der Waals surface area contributed by atoms with E-state index in [2.05, 4.69) is 58.5 Å². The topological polar surface area (TPSA) is 97.3 Å². The van der Waals surface area contributed by atoms with Crippen LogP contribution < -0.4 is 16.0 Å². The SMILES string of the molecule is N#CN1CCCC1.[B]=C(NC1(c2cccc3ccccc23)CC1)c1ccccc1CNC(=O)C(=O)NC. The van der Waals surface area contributed by atoms with Crippen LogP contribution in [0.1, 0.15) is 42.4 Å². The first kappa shape index (κ1) is 26.0. The number of hydrogen-bond acceptors (Lipinski definition) is 5. The number of carbonyl (C=O) groups excluding carboxylic acids is 2. The van der Waals surface area contributed by atoms with E-state index in [1.165, 1.54) is 36.2 Å². The summed E-state index contributed by atoms with van der Waals surface area (Å²) in [4.78, 5) is 25.0. The van der Waals surface area contributed by atoms with Gasteiger partial charge in [0.2, 0.25) is 0 Å². The van der Waals surface area contributed by atoms with E-state index in [4.69, 9.17) is 12.7 Å². The Labute approximate surface area is 218 Å². The van der Waals surface area contributed by atoms with Gasteiger partial charge in [0.25, 0.3) is 0 Å². The van der Waals surface area contributed by atoms with E-state index in [0.29, 0.717) is 5.59 Å². The molecule has 2 amide bonds. The van der Waals surface area contributed by atoms with Crippen LogP contribution in [-0.2, 0) is 21.7 Å². The Hall–Kier alpha value is -4.12. The quantitative estimate of drug-likeness (QED) is 0.279. The van der Waals surface area contributed by atoms with Crippen LogP contribution in [0.4, 0.5) is 0 Å². The average Bonchev–Trinajstić information content (AvgIpc) is 3.51. The fourth-order valence-corrected chi connectivity index (χ4v) is 4.68. The van der Waals surface area contributed by atoms with Gasteiger partial charge in [0, 0.05) is 13.1 Å². The summed E-state index contributed by atoms with van der Waals surface area (Å²) in [5, 5.41) is 19.2. The van der Waals surface area contributed by atoms with Gasteiger partial charge in [-0.05, 0) is 12.8 Å². The van der Waals surface area contributed by atoms with E-state index in [0.717, 1.165) is 37.1 Å². The first-order valence-corrected chi connectivity index (χ1v) is 12.6. The molecule has 1 radical (unpaired) electrons. The zero-order valence-corrected chi connectivity index (χ0v) is 21.1. The normalized spacial score (nSPS) is 15.1. The summed E-state index contributed by atoms with van der Waals surface area (Å²) in [6.45, 7) is 2.18. The molecule has 8 heteroatoms. The number of rotatable bonds is 6. The van der Waals surface area contributed by atoms with E-state index in [1.54, 1.807) is 4.90 Å². The Morgan fingerprint density at radius 2 is 1.65 bits per heavy atom. The minimum atomic E-state index is -0.673. The molecule has 0 aromatic heterocycles. The van der Waals surface area contributed by atoms with Crippen LogP contribution in [0.3, 0.4) is 0 Å². The summed E-state index contributed by atoms with van der Waals surface area (Å²) in [6.07, 6.45) is 6.50. The number of benzene rings is 3. The van der Waals surface area contributed by atoms with Crippen molar-refractivity contribution in [3.8, 4) is 6.19 Å². The van der Waals surface area contributed by atoms with Gasteiger partial charge in [0.05, 0.1) is 0 Å². The zero-order chi connectivity index (χ0) is 26.3. The van der Waals surface area contributed by atoms with Gasteiger partial charge in [-0.1, -0.05) is 0 Å². The molecule has 3 N–H and O–H groups in total. The minimum absolute atomic E-state index is 0.191. The molecule has 1 aliphatic carbocycles. The molecule has 0 spiro atoms. The number of nitriles is 1. The molecule has 1 saturated carbocycles. The van der Waals surface area contributed by atoms with Crippen LogP contribution >= 0.6 is 0 Å². The van der Waals surface area contributed by atoms with Crippen molar-refractivity contribution in [1.29, 1.82) is 5.26 Å². The molecule has 37 heavy (non-hydrogen) atoms. The van der Waals surface area contributed by atoms with Crippen molar-refractivity contribution < 1.29 is 9.59 Å². The molecule has 3 aromatic rings. The molecule has 0 unspecified atom stereocenters. The van der Waals surface area contributed by atoms with E-state index in [1.807, 2.05) is 30.3 Å². The molecule has 0 bridgehead atoms. The molecule has 187 valence electrons. The Bertz CT molecular complexity index is 1330. The summed E-state index contributed by atoms with van der Waals surface area (Å²) in [6, 6.07) is 22.3. The second kappa shape index (κ2) is 11.7. The molecule has 3 aromatic carbocycles. The van der Waals surface area contributed by atoms with Crippen LogP contribution in [0, 0.1) is 11.5 Å². The molecule has 2 fully saturated rings. The van der Waals surface area contributed by atoms with E-state index >= 15 is 0 Å². The van der Waals surface area contributed by atoms with Gasteiger partial charge < -0.3 is 4.90 Å². The van der Waals surface area contributed by atoms with Gasteiger partial charge in [0.15, 0.2) is 6.19 Å². The van der Waals surface area contributed by atoms with E-state index < -0.39 is 11.8 Å². The fraction of sp³-hybridized carbons (Fsp3) is 0.310. The number of carbonyl (C=O) groups is 2. The predicted molar refractivity (Wildman–Crippen MR) is 147 cm³/mol. The van der Waals surface area contributed by atoms with Gasteiger partial charge in [-0.3, -0.25) is 0 Å². The Kier molecular flexibility index (Phi) is 8.24. The van der Waals surface area contributed by atoms with Gasteiger partial charge in [-0.15, -0.1) is 0 Å². The van der Waals surface area contributed by atoms with Gasteiger partial charge >= 0.3 is 177 Å². The van der Waals surface area contributed by atoms with Crippen molar-refractivity contribution >= 4 is 35.7 Å². The summed E-state index contributed by atoms with van der Waals surface area (Å²) in [5.41, 5.74) is 3.28. The molecule has 7 nitrogen and oxygen atoms in total. The Morgan fingerprint density at radius 3 is 2.32 bits per heavy atom. The van der Waals surface area contributed by atoms with Crippen molar-refractivity contribution in [2.24, 2.45) is 0 Å².